The molecule has 16 nitrogen and oxygen atoms in total. The third kappa shape index (κ3) is 24.0. The van der Waals surface area contributed by atoms with Crippen LogP contribution in [-0.4, -0.2) is 172 Å². The minimum atomic E-state index is -1.16. The van der Waals surface area contributed by atoms with Crippen molar-refractivity contribution in [3.8, 4) is 0 Å². The Balaban J connectivity index is 0. The van der Waals surface area contributed by atoms with Crippen LogP contribution in [0.3, 0.4) is 0 Å². The molecule has 0 spiro atoms. The standard InChI is InChI=1S/C27H50N6O10.2C2H6/c1-26(2,28)18-43-19-27(3,4)29-21(34)6-5-20(25(41)42)33-13-11-31(16-23(37)38)9-7-30(15-22(35)36)8-10-32(12-14-33)17-24(39)40;2*1-2/h20H,5-19,28H2,1-4H3,(H,29,34)(H,35,36)(H,37,38)(H,39,40)(H,41,42);2*1-2H3. The van der Waals surface area contributed by atoms with Crippen molar-refractivity contribution in [3.63, 3.8) is 0 Å². The van der Waals surface area contributed by atoms with Crippen molar-refractivity contribution < 1.29 is 49.1 Å². The highest BCUT2D eigenvalue weighted by Crippen LogP contribution is 2.12. The lowest BCUT2D eigenvalue weighted by molar-refractivity contribution is -0.145. The highest BCUT2D eigenvalue weighted by Gasteiger charge is 2.30. The number of carboxylic acids is 4. The molecule has 0 aliphatic carbocycles. The molecule has 0 radical (unpaired) electrons. The van der Waals surface area contributed by atoms with Crippen LogP contribution in [0.15, 0.2) is 0 Å². The number of nitrogens with one attached hydrogen (secondary N) is 1. The van der Waals surface area contributed by atoms with E-state index in [4.69, 9.17) is 10.5 Å². The van der Waals surface area contributed by atoms with Crippen LogP contribution in [0.2, 0.25) is 0 Å². The third-order valence-electron chi connectivity index (χ3n) is 6.73. The largest absolute Gasteiger partial charge is 0.480 e. The van der Waals surface area contributed by atoms with Crippen molar-refractivity contribution in [1.82, 2.24) is 24.9 Å². The average molecular weight is 679 g/mol. The van der Waals surface area contributed by atoms with Gasteiger partial charge in [0.25, 0.3) is 0 Å². The first-order valence-corrected chi connectivity index (χ1v) is 16.3. The zero-order chi connectivity index (χ0) is 36.8. The Morgan fingerprint density at radius 1 is 0.681 bits per heavy atom. The van der Waals surface area contributed by atoms with E-state index in [-0.39, 0.29) is 104 Å². The summed E-state index contributed by atoms with van der Waals surface area (Å²) in [6.45, 7) is 16.3. The highest BCUT2D eigenvalue weighted by molar-refractivity contribution is 5.79. The Morgan fingerprint density at radius 2 is 1.04 bits per heavy atom. The van der Waals surface area contributed by atoms with Crippen LogP contribution in [0.5, 0.6) is 0 Å². The molecule has 7 N–H and O–H groups in total. The summed E-state index contributed by atoms with van der Waals surface area (Å²) < 4.78 is 5.62. The summed E-state index contributed by atoms with van der Waals surface area (Å²) in [5, 5.41) is 41.1. The zero-order valence-electron chi connectivity index (χ0n) is 29.8. The van der Waals surface area contributed by atoms with Crippen LogP contribution < -0.4 is 11.1 Å². The average Bonchev–Trinajstić information content (AvgIpc) is 2.94. The molecule has 1 rings (SSSR count). The van der Waals surface area contributed by atoms with E-state index in [1.54, 1.807) is 33.4 Å². The predicted octanol–water partition coefficient (Wildman–Crippen LogP) is 0.396. The van der Waals surface area contributed by atoms with Crippen LogP contribution >= 0.6 is 0 Å². The summed E-state index contributed by atoms with van der Waals surface area (Å²) in [5.74, 6) is -4.74. The van der Waals surface area contributed by atoms with Gasteiger partial charge in [-0.15, -0.1) is 0 Å². The first-order valence-electron chi connectivity index (χ1n) is 16.3. The van der Waals surface area contributed by atoms with Gasteiger partial charge in [-0.05, 0) is 34.1 Å². The van der Waals surface area contributed by atoms with E-state index in [1.807, 2.05) is 41.5 Å². The molecule has 1 heterocycles. The van der Waals surface area contributed by atoms with Crippen molar-refractivity contribution in [3.05, 3.63) is 0 Å². The lowest BCUT2D eigenvalue weighted by Gasteiger charge is -2.35. The molecule has 1 atom stereocenters. The minimum absolute atomic E-state index is 0.0296. The maximum atomic E-state index is 12.8. The quantitative estimate of drug-likeness (QED) is 0.130. The molecule has 1 unspecified atom stereocenters. The monoisotopic (exact) mass is 678 g/mol. The molecule has 276 valence electrons. The van der Waals surface area contributed by atoms with Gasteiger partial charge in [0.05, 0.1) is 38.4 Å². The predicted molar refractivity (Wildman–Crippen MR) is 178 cm³/mol. The first kappa shape index (κ1) is 46.2. The van der Waals surface area contributed by atoms with Gasteiger partial charge in [-0.1, -0.05) is 27.7 Å². The second-order valence-electron chi connectivity index (χ2n) is 12.4. The van der Waals surface area contributed by atoms with Gasteiger partial charge >= 0.3 is 23.9 Å². The smallest absolute Gasteiger partial charge is 0.320 e. The fourth-order valence-corrected chi connectivity index (χ4v) is 4.69. The maximum Gasteiger partial charge on any atom is 0.320 e. The van der Waals surface area contributed by atoms with E-state index in [1.165, 1.54) is 0 Å². The third-order valence-corrected chi connectivity index (χ3v) is 6.73. The number of carbonyl (C=O) groups is 5. The molecule has 0 bridgehead atoms. The number of hydrogen-bond acceptors (Lipinski definition) is 11. The lowest BCUT2D eigenvalue weighted by atomic mass is 10.0. The molecule has 47 heavy (non-hydrogen) atoms. The summed E-state index contributed by atoms with van der Waals surface area (Å²) in [6, 6.07) is -1.09. The van der Waals surface area contributed by atoms with Gasteiger partial charge in [0.2, 0.25) is 5.91 Å². The second kappa shape index (κ2) is 24.3. The van der Waals surface area contributed by atoms with Crippen molar-refractivity contribution >= 4 is 29.8 Å². The van der Waals surface area contributed by atoms with Gasteiger partial charge < -0.3 is 36.2 Å². The Hall–Kier alpha value is -2.89. The fraction of sp³-hybridized carbons (Fsp3) is 0.839. The van der Waals surface area contributed by atoms with Crippen LogP contribution in [0.25, 0.3) is 0 Å². The molecule has 1 amide bonds. The van der Waals surface area contributed by atoms with Gasteiger partial charge in [0.1, 0.15) is 6.04 Å². The number of rotatable bonds is 16. The lowest BCUT2D eigenvalue weighted by Crippen LogP contribution is -2.52. The number of nitrogens with zero attached hydrogens (tertiary/aromatic N) is 4. The molecule has 0 aromatic rings. The normalized spacial score (nSPS) is 17.0. The molecule has 1 aliphatic rings. The topological polar surface area (TPSA) is 227 Å². The van der Waals surface area contributed by atoms with E-state index in [2.05, 4.69) is 5.32 Å². The first-order chi connectivity index (χ1) is 21.9. The second-order valence-corrected chi connectivity index (χ2v) is 12.4. The molecular weight excluding hydrogens is 616 g/mol. The summed E-state index contributed by atoms with van der Waals surface area (Å²) in [4.78, 5) is 66.0. The summed E-state index contributed by atoms with van der Waals surface area (Å²) in [7, 11) is 0. The number of amides is 1. The van der Waals surface area contributed by atoms with Crippen LogP contribution in [0.4, 0.5) is 0 Å². The Bertz CT molecular complexity index is 912. The number of ether oxygens (including phenoxy) is 1. The fourth-order valence-electron chi connectivity index (χ4n) is 4.69. The van der Waals surface area contributed by atoms with Crippen LogP contribution in [-0.2, 0) is 28.7 Å². The van der Waals surface area contributed by atoms with E-state index >= 15 is 0 Å². The van der Waals surface area contributed by atoms with E-state index in [0.717, 1.165) is 0 Å². The Morgan fingerprint density at radius 3 is 1.36 bits per heavy atom. The van der Waals surface area contributed by atoms with Crippen molar-refractivity contribution in [2.75, 3.05) is 85.2 Å². The number of carbonyl (C=O) groups excluding carboxylic acids is 1. The van der Waals surface area contributed by atoms with Crippen LogP contribution in [0, 0.1) is 0 Å². The molecule has 16 heteroatoms. The SMILES string of the molecule is CC.CC.CC(C)(N)COCC(C)(C)NC(=O)CCC(C(=O)O)N1CCN(CC(=O)O)CCN(CC(=O)O)CCN(CC(=O)O)CC1. The molecule has 0 saturated carbocycles. The van der Waals surface area contributed by atoms with Gasteiger partial charge in [-0.25, -0.2) is 0 Å². The van der Waals surface area contributed by atoms with Gasteiger partial charge in [-0.3, -0.25) is 43.6 Å². The zero-order valence-corrected chi connectivity index (χ0v) is 29.8. The number of aliphatic carboxylic acids is 4. The molecule has 1 aliphatic heterocycles. The number of carboxylic acid groups (broad SMARTS) is 4. The number of nitrogens with two attached hydrogens (primary N) is 1. The van der Waals surface area contributed by atoms with Gasteiger partial charge in [-0.2, -0.15) is 0 Å². The summed E-state index contributed by atoms with van der Waals surface area (Å²) in [5.41, 5.74) is 4.67. The molecular formula is C31H62N6O10. The molecule has 1 fully saturated rings. The minimum Gasteiger partial charge on any atom is -0.480 e. The summed E-state index contributed by atoms with van der Waals surface area (Å²) in [6.07, 6.45) is -0.126. The van der Waals surface area contributed by atoms with Crippen molar-refractivity contribution in [2.24, 2.45) is 5.73 Å². The Labute approximate surface area is 280 Å². The molecule has 0 aromatic carbocycles. The van der Waals surface area contributed by atoms with Crippen molar-refractivity contribution in [1.29, 1.82) is 0 Å². The van der Waals surface area contributed by atoms with E-state index in [9.17, 15) is 44.4 Å². The van der Waals surface area contributed by atoms with Crippen LogP contribution in [0.1, 0.15) is 68.2 Å². The van der Waals surface area contributed by atoms with E-state index < -0.39 is 41.0 Å². The van der Waals surface area contributed by atoms with E-state index in [0.29, 0.717) is 0 Å². The summed E-state index contributed by atoms with van der Waals surface area (Å²) >= 11 is 0. The molecule has 1 saturated heterocycles. The maximum absolute atomic E-state index is 12.8. The number of hydrogen-bond donors (Lipinski definition) is 6. The van der Waals surface area contributed by atoms with Gasteiger partial charge in [0.15, 0.2) is 0 Å². The molecule has 0 aromatic heterocycles. The highest BCUT2D eigenvalue weighted by atomic mass is 16.5. The van der Waals surface area contributed by atoms with Gasteiger partial charge in [0, 0.05) is 64.3 Å². The Kier molecular flexibility index (Phi) is 23.9. The van der Waals surface area contributed by atoms with Crippen molar-refractivity contribution in [2.45, 2.75) is 85.4 Å².